The molecule has 1 aromatic rings. The molecule has 1 nitrogen and oxygen atoms in total. The van der Waals surface area contributed by atoms with E-state index in [0.29, 0.717) is 16.7 Å². The molecule has 0 aliphatic carbocycles. The summed E-state index contributed by atoms with van der Waals surface area (Å²) in [5, 5.41) is 3.14. The van der Waals surface area contributed by atoms with Crippen molar-refractivity contribution in [3.05, 3.63) is 29.8 Å². The van der Waals surface area contributed by atoms with Crippen LogP contribution in [0.2, 0.25) is 0 Å². The molecule has 0 saturated heterocycles. The predicted octanol–water partition coefficient (Wildman–Crippen LogP) is 3.46. The van der Waals surface area contributed by atoms with Gasteiger partial charge in [0.1, 0.15) is 0 Å². The molecule has 0 aromatic heterocycles. The van der Waals surface area contributed by atoms with E-state index in [1.807, 2.05) is 27.0 Å². The molecule has 0 radical (unpaired) electrons. The molecule has 0 saturated carbocycles. The van der Waals surface area contributed by atoms with E-state index in [2.05, 4.69) is 5.32 Å². The summed E-state index contributed by atoms with van der Waals surface area (Å²) < 4.78 is 24.4. The Bertz CT molecular complexity index is 326. The molecule has 0 spiro atoms. The zero-order valence-electron chi connectivity index (χ0n) is 9.05. The van der Waals surface area contributed by atoms with Gasteiger partial charge in [-0.3, -0.25) is 0 Å². The Morgan fingerprint density at radius 1 is 1.33 bits per heavy atom. The maximum atomic E-state index is 12.2. The van der Waals surface area contributed by atoms with E-state index < -0.39 is 5.76 Å². The van der Waals surface area contributed by atoms with Crippen LogP contribution in [0.5, 0.6) is 0 Å². The lowest BCUT2D eigenvalue weighted by Crippen LogP contribution is -2.33. The maximum absolute atomic E-state index is 12.2. The standard InChI is InChI=1S/C11H15F2NS/c1-11(2,14-3)8-5-4-6-9(7-8)15-10(12)13/h4-7,10,14H,1-3H3. The summed E-state index contributed by atoms with van der Waals surface area (Å²) in [7, 11) is 1.85. The van der Waals surface area contributed by atoms with Crippen molar-refractivity contribution in [2.24, 2.45) is 0 Å². The molecule has 0 aliphatic rings. The van der Waals surface area contributed by atoms with Crippen molar-refractivity contribution in [3.63, 3.8) is 0 Å². The first kappa shape index (κ1) is 12.5. The Morgan fingerprint density at radius 2 is 2.00 bits per heavy atom. The van der Waals surface area contributed by atoms with Gasteiger partial charge in [-0.25, -0.2) is 0 Å². The molecule has 0 aliphatic heterocycles. The average molecular weight is 231 g/mol. The smallest absolute Gasteiger partial charge is 0.288 e. The van der Waals surface area contributed by atoms with Crippen LogP contribution in [0.1, 0.15) is 19.4 Å². The maximum Gasteiger partial charge on any atom is 0.288 e. The number of rotatable bonds is 4. The van der Waals surface area contributed by atoms with Crippen LogP contribution >= 0.6 is 11.8 Å². The van der Waals surface area contributed by atoms with Gasteiger partial charge >= 0.3 is 0 Å². The summed E-state index contributed by atoms with van der Waals surface area (Å²) in [6.45, 7) is 4.03. The van der Waals surface area contributed by atoms with Crippen molar-refractivity contribution in [3.8, 4) is 0 Å². The first-order valence-electron chi connectivity index (χ1n) is 4.70. The van der Waals surface area contributed by atoms with E-state index >= 15 is 0 Å². The van der Waals surface area contributed by atoms with E-state index in [0.717, 1.165) is 5.56 Å². The highest BCUT2D eigenvalue weighted by atomic mass is 32.2. The van der Waals surface area contributed by atoms with Gasteiger partial charge in [0.25, 0.3) is 5.76 Å². The summed E-state index contributed by atoms with van der Waals surface area (Å²) in [6, 6.07) is 7.24. The third-order valence-electron chi connectivity index (χ3n) is 2.41. The Kier molecular flexibility index (Phi) is 4.11. The van der Waals surface area contributed by atoms with Crippen LogP contribution < -0.4 is 5.32 Å². The molecule has 15 heavy (non-hydrogen) atoms. The zero-order valence-corrected chi connectivity index (χ0v) is 9.87. The first-order valence-corrected chi connectivity index (χ1v) is 5.58. The quantitative estimate of drug-likeness (QED) is 0.796. The van der Waals surface area contributed by atoms with Gasteiger partial charge in [-0.05, 0) is 38.6 Å². The second-order valence-electron chi connectivity index (χ2n) is 3.78. The summed E-state index contributed by atoms with van der Waals surface area (Å²) in [6.07, 6.45) is 0. The second-order valence-corrected chi connectivity index (χ2v) is 4.84. The fourth-order valence-corrected chi connectivity index (χ4v) is 1.76. The number of halogens is 2. The van der Waals surface area contributed by atoms with Crippen molar-refractivity contribution in [1.29, 1.82) is 0 Å². The van der Waals surface area contributed by atoms with Gasteiger partial charge in [-0.1, -0.05) is 23.9 Å². The van der Waals surface area contributed by atoms with Gasteiger partial charge in [0.05, 0.1) is 0 Å². The molecule has 1 rings (SSSR count). The fourth-order valence-electron chi connectivity index (χ4n) is 1.21. The Hall–Kier alpha value is -0.610. The van der Waals surface area contributed by atoms with Crippen molar-refractivity contribution < 1.29 is 8.78 Å². The van der Waals surface area contributed by atoms with E-state index in [9.17, 15) is 8.78 Å². The highest BCUT2D eigenvalue weighted by Gasteiger charge is 2.18. The highest BCUT2D eigenvalue weighted by molar-refractivity contribution is 7.99. The molecular formula is C11H15F2NS. The Labute approximate surface area is 93.3 Å². The monoisotopic (exact) mass is 231 g/mol. The summed E-state index contributed by atoms with van der Waals surface area (Å²) in [4.78, 5) is 0.603. The van der Waals surface area contributed by atoms with Gasteiger partial charge in [-0.15, -0.1) is 0 Å². The van der Waals surface area contributed by atoms with Crippen LogP contribution in [0.25, 0.3) is 0 Å². The van der Waals surface area contributed by atoms with Gasteiger partial charge in [0.2, 0.25) is 0 Å². The van der Waals surface area contributed by atoms with Crippen molar-refractivity contribution >= 4 is 11.8 Å². The van der Waals surface area contributed by atoms with Gasteiger partial charge in [0, 0.05) is 10.4 Å². The van der Waals surface area contributed by atoms with Crippen LogP contribution in [0.3, 0.4) is 0 Å². The molecule has 0 atom stereocenters. The van der Waals surface area contributed by atoms with Crippen LogP contribution in [-0.2, 0) is 5.54 Å². The number of nitrogens with one attached hydrogen (secondary N) is 1. The van der Waals surface area contributed by atoms with Gasteiger partial charge in [-0.2, -0.15) is 8.78 Å². The van der Waals surface area contributed by atoms with Crippen LogP contribution in [0.4, 0.5) is 8.78 Å². The number of benzene rings is 1. The normalized spacial score (nSPS) is 12.1. The van der Waals surface area contributed by atoms with E-state index in [4.69, 9.17) is 0 Å². The zero-order chi connectivity index (χ0) is 11.5. The lowest BCUT2D eigenvalue weighted by Gasteiger charge is -2.25. The fraction of sp³-hybridized carbons (Fsp3) is 0.455. The number of alkyl halides is 2. The van der Waals surface area contributed by atoms with Crippen LogP contribution in [-0.4, -0.2) is 12.8 Å². The van der Waals surface area contributed by atoms with Gasteiger partial charge in [0.15, 0.2) is 0 Å². The lowest BCUT2D eigenvalue weighted by atomic mass is 9.95. The number of thioether (sulfide) groups is 1. The minimum absolute atomic E-state index is 0.196. The van der Waals surface area contributed by atoms with Crippen LogP contribution in [0, 0.1) is 0 Å². The van der Waals surface area contributed by atoms with Crippen LogP contribution in [0.15, 0.2) is 29.2 Å². The third-order valence-corrected chi connectivity index (χ3v) is 3.11. The molecule has 0 bridgehead atoms. The predicted molar refractivity (Wildman–Crippen MR) is 60.4 cm³/mol. The van der Waals surface area contributed by atoms with Crippen molar-refractivity contribution in [1.82, 2.24) is 5.32 Å². The number of hydrogen-bond acceptors (Lipinski definition) is 2. The summed E-state index contributed by atoms with van der Waals surface area (Å²) >= 11 is 0.578. The summed E-state index contributed by atoms with van der Waals surface area (Å²) in [5.41, 5.74) is 0.814. The molecule has 1 aromatic carbocycles. The Morgan fingerprint density at radius 3 is 2.53 bits per heavy atom. The molecule has 0 heterocycles. The minimum Gasteiger partial charge on any atom is -0.311 e. The SMILES string of the molecule is CNC(C)(C)c1cccc(SC(F)F)c1. The van der Waals surface area contributed by atoms with Crippen molar-refractivity contribution in [2.75, 3.05) is 7.05 Å². The lowest BCUT2D eigenvalue weighted by molar-refractivity contribution is 0.252. The molecule has 0 fully saturated rings. The van der Waals surface area contributed by atoms with Crippen molar-refractivity contribution in [2.45, 2.75) is 30.0 Å². The molecule has 0 amide bonds. The highest BCUT2D eigenvalue weighted by Crippen LogP contribution is 2.28. The third kappa shape index (κ3) is 3.47. The summed E-state index contributed by atoms with van der Waals surface area (Å²) in [5.74, 6) is -2.36. The van der Waals surface area contributed by atoms with Gasteiger partial charge < -0.3 is 5.32 Å². The average Bonchev–Trinajstić information content (AvgIpc) is 2.17. The Balaban J connectivity index is 2.92. The number of hydrogen-bond donors (Lipinski definition) is 1. The van der Waals surface area contributed by atoms with E-state index in [-0.39, 0.29) is 5.54 Å². The second kappa shape index (κ2) is 4.94. The molecular weight excluding hydrogens is 216 g/mol. The van der Waals surface area contributed by atoms with E-state index in [1.165, 1.54) is 0 Å². The van der Waals surface area contributed by atoms with E-state index in [1.54, 1.807) is 18.2 Å². The molecule has 4 heteroatoms. The molecule has 84 valence electrons. The first-order chi connectivity index (χ1) is 6.95. The molecule has 0 unspecified atom stereocenters. The molecule has 1 N–H and O–H groups in total. The topological polar surface area (TPSA) is 12.0 Å². The largest absolute Gasteiger partial charge is 0.311 e. The minimum atomic E-state index is -2.36.